The first-order valence-corrected chi connectivity index (χ1v) is 8.61. The minimum atomic E-state index is 0.0776. The zero-order valence-electron chi connectivity index (χ0n) is 14.7. The fourth-order valence-electron chi connectivity index (χ4n) is 2.31. The van der Waals surface area contributed by atoms with Crippen molar-refractivity contribution < 1.29 is 0 Å². The Labute approximate surface area is 150 Å². The Bertz CT molecular complexity index is 645. The van der Waals surface area contributed by atoms with Crippen molar-refractivity contribution in [3.8, 4) is 0 Å². The fourth-order valence-corrected chi connectivity index (χ4v) is 2.77. The van der Waals surface area contributed by atoms with Crippen molar-refractivity contribution >= 4 is 34.6 Å². The molecule has 0 saturated carbocycles. The van der Waals surface area contributed by atoms with Crippen molar-refractivity contribution in [3.05, 3.63) is 57.6 Å². The van der Waals surface area contributed by atoms with Gasteiger partial charge in [-0.15, -0.1) is 0 Å². The van der Waals surface area contributed by atoms with Crippen LogP contribution in [0.2, 0.25) is 10.0 Å². The van der Waals surface area contributed by atoms with Crippen molar-refractivity contribution in [2.45, 2.75) is 52.4 Å². The maximum atomic E-state index is 6.44. The molecule has 3 heteroatoms. The summed E-state index contributed by atoms with van der Waals surface area (Å²) in [5.74, 6) is 0. The lowest BCUT2D eigenvalue weighted by Gasteiger charge is -2.22. The van der Waals surface area contributed by atoms with E-state index in [1.165, 1.54) is 11.1 Å². The molecule has 0 fully saturated rings. The third-order valence-corrected chi connectivity index (χ3v) is 4.56. The average Bonchev–Trinajstić information content (AvgIpc) is 2.40. The van der Waals surface area contributed by atoms with Crippen molar-refractivity contribution in [2.24, 2.45) is 0 Å². The maximum absolute atomic E-state index is 6.44. The van der Waals surface area contributed by atoms with Crippen LogP contribution in [0.4, 0.5) is 11.4 Å². The summed E-state index contributed by atoms with van der Waals surface area (Å²) in [6, 6.07) is 12.3. The Morgan fingerprint density at radius 2 is 1.00 bits per heavy atom. The standard InChI is InChI=1S/C20H25Cl2N/c1-19(2,3)13-7-9-17(15(21)11-13)23-18-10-8-14(12-16(18)22)20(4,5)6/h7-12,23H,1-6H3. The molecule has 1 N–H and O–H groups in total. The number of anilines is 2. The first kappa shape index (κ1) is 18.2. The summed E-state index contributed by atoms with van der Waals surface area (Å²) in [6.45, 7) is 13.0. The van der Waals surface area contributed by atoms with Crippen molar-refractivity contribution in [1.29, 1.82) is 0 Å². The van der Waals surface area contributed by atoms with Crippen LogP contribution in [0.25, 0.3) is 0 Å². The summed E-state index contributed by atoms with van der Waals surface area (Å²) in [5, 5.41) is 4.74. The lowest BCUT2D eigenvalue weighted by atomic mass is 9.87. The summed E-state index contributed by atoms with van der Waals surface area (Å²) in [7, 11) is 0. The molecule has 0 aromatic heterocycles. The minimum absolute atomic E-state index is 0.0776. The molecule has 0 saturated heterocycles. The van der Waals surface area contributed by atoms with Gasteiger partial charge < -0.3 is 5.32 Å². The predicted octanol–water partition coefficient (Wildman–Crippen LogP) is 7.33. The average molecular weight is 350 g/mol. The first-order chi connectivity index (χ1) is 10.5. The van der Waals surface area contributed by atoms with Gasteiger partial charge in [-0.1, -0.05) is 76.9 Å². The van der Waals surface area contributed by atoms with E-state index in [9.17, 15) is 0 Å². The lowest BCUT2D eigenvalue weighted by molar-refractivity contribution is 0.590. The van der Waals surface area contributed by atoms with Crippen LogP contribution in [0.3, 0.4) is 0 Å². The number of hydrogen-bond acceptors (Lipinski definition) is 1. The Morgan fingerprint density at radius 3 is 1.26 bits per heavy atom. The van der Waals surface area contributed by atoms with E-state index in [0.29, 0.717) is 10.0 Å². The van der Waals surface area contributed by atoms with Gasteiger partial charge >= 0.3 is 0 Å². The quantitative estimate of drug-likeness (QED) is 0.598. The van der Waals surface area contributed by atoms with Gasteiger partial charge in [-0.3, -0.25) is 0 Å². The summed E-state index contributed by atoms with van der Waals surface area (Å²) in [4.78, 5) is 0. The molecule has 0 heterocycles. The third-order valence-electron chi connectivity index (χ3n) is 3.94. The van der Waals surface area contributed by atoms with Gasteiger partial charge in [0.1, 0.15) is 0 Å². The van der Waals surface area contributed by atoms with Gasteiger partial charge in [-0.25, -0.2) is 0 Å². The van der Waals surface area contributed by atoms with E-state index in [-0.39, 0.29) is 10.8 Å². The van der Waals surface area contributed by atoms with Gasteiger partial charge in [0.2, 0.25) is 0 Å². The third kappa shape index (κ3) is 4.43. The highest BCUT2D eigenvalue weighted by molar-refractivity contribution is 6.35. The van der Waals surface area contributed by atoms with Crippen LogP contribution in [0.15, 0.2) is 36.4 Å². The summed E-state index contributed by atoms with van der Waals surface area (Å²) in [5.41, 5.74) is 4.31. The molecule has 0 aliphatic heterocycles. The van der Waals surface area contributed by atoms with Crippen LogP contribution in [-0.4, -0.2) is 0 Å². The molecule has 2 aromatic rings. The van der Waals surface area contributed by atoms with E-state index >= 15 is 0 Å². The Hall–Kier alpha value is -1.18. The Kier molecular flexibility index (Phi) is 5.03. The second-order valence-electron chi connectivity index (χ2n) is 8.01. The van der Waals surface area contributed by atoms with Crippen LogP contribution >= 0.6 is 23.2 Å². The van der Waals surface area contributed by atoms with E-state index < -0.39 is 0 Å². The van der Waals surface area contributed by atoms with E-state index in [2.05, 4.69) is 59.0 Å². The molecule has 0 atom stereocenters. The summed E-state index contributed by atoms with van der Waals surface area (Å²) in [6.07, 6.45) is 0. The van der Waals surface area contributed by atoms with Crippen molar-refractivity contribution in [2.75, 3.05) is 5.32 Å². The fraction of sp³-hybridized carbons (Fsp3) is 0.400. The zero-order chi connectivity index (χ0) is 17.4. The van der Waals surface area contributed by atoms with Gasteiger partial charge in [0.05, 0.1) is 21.4 Å². The molecule has 0 bridgehead atoms. The Balaban J connectivity index is 2.30. The van der Waals surface area contributed by atoms with Gasteiger partial charge in [0, 0.05) is 0 Å². The van der Waals surface area contributed by atoms with Gasteiger partial charge in [-0.05, 0) is 46.2 Å². The SMILES string of the molecule is CC(C)(C)c1ccc(Nc2ccc(C(C)(C)C)cc2Cl)c(Cl)c1. The zero-order valence-corrected chi connectivity index (χ0v) is 16.2. The highest BCUT2D eigenvalue weighted by atomic mass is 35.5. The highest BCUT2D eigenvalue weighted by Gasteiger charge is 2.17. The van der Waals surface area contributed by atoms with Crippen molar-refractivity contribution in [3.63, 3.8) is 0 Å². The second kappa shape index (κ2) is 6.37. The molecular formula is C20H25Cl2N. The molecule has 0 unspecified atom stereocenters. The minimum Gasteiger partial charge on any atom is -0.353 e. The lowest BCUT2D eigenvalue weighted by Crippen LogP contribution is -2.11. The molecular weight excluding hydrogens is 325 g/mol. The van der Waals surface area contributed by atoms with E-state index in [4.69, 9.17) is 23.2 Å². The van der Waals surface area contributed by atoms with Crippen LogP contribution in [0, 0.1) is 0 Å². The van der Waals surface area contributed by atoms with E-state index in [1.54, 1.807) is 0 Å². The molecule has 0 amide bonds. The largest absolute Gasteiger partial charge is 0.353 e. The van der Waals surface area contributed by atoms with Crippen LogP contribution < -0.4 is 5.32 Å². The predicted molar refractivity (Wildman–Crippen MR) is 104 cm³/mol. The number of rotatable bonds is 2. The molecule has 0 spiro atoms. The maximum Gasteiger partial charge on any atom is 0.0643 e. The van der Waals surface area contributed by atoms with Gasteiger partial charge in [0.25, 0.3) is 0 Å². The number of halogens is 2. The summed E-state index contributed by atoms with van der Waals surface area (Å²) >= 11 is 12.9. The highest BCUT2D eigenvalue weighted by Crippen LogP contribution is 2.35. The molecule has 0 aliphatic carbocycles. The number of nitrogens with one attached hydrogen (secondary N) is 1. The number of benzene rings is 2. The Morgan fingerprint density at radius 1 is 0.652 bits per heavy atom. The summed E-state index contributed by atoms with van der Waals surface area (Å²) < 4.78 is 0. The monoisotopic (exact) mass is 349 g/mol. The van der Waals surface area contributed by atoms with Crippen LogP contribution in [0.5, 0.6) is 0 Å². The van der Waals surface area contributed by atoms with Crippen LogP contribution in [0.1, 0.15) is 52.7 Å². The van der Waals surface area contributed by atoms with E-state index in [1.807, 2.05) is 24.3 Å². The molecule has 2 aromatic carbocycles. The topological polar surface area (TPSA) is 12.0 Å². The second-order valence-corrected chi connectivity index (χ2v) is 8.83. The molecule has 2 rings (SSSR count). The number of hydrogen-bond donors (Lipinski definition) is 1. The van der Waals surface area contributed by atoms with E-state index in [0.717, 1.165) is 11.4 Å². The molecule has 0 aliphatic rings. The van der Waals surface area contributed by atoms with Gasteiger partial charge in [-0.2, -0.15) is 0 Å². The normalized spacial score (nSPS) is 12.3. The smallest absolute Gasteiger partial charge is 0.0643 e. The molecule has 1 nitrogen and oxygen atoms in total. The molecule has 0 radical (unpaired) electrons. The first-order valence-electron chi connectivity index (χ1n) is 7.85. The van der Waals surface area contributed by atoms with Crippen LogP contribution in [-0.2, 0) is 10.8 Å². The molecule has 23 heavy (non-hydrogen) atoms. The van der Waals surface area contributed by atoms with Gasteiger partial charge in [0.15, 0.2) is 0 Å². The van der Waals surface area contributed by atoms with Crippen molar-refractivity contribution in [1.82, 2.24) is 0 Å². The molecule has 124 valence electrons.